The van der Waals surface area contributed by atoms with E-state index in [9.17, 15) is 13.2 Å². The van der Waals surface area contributed by atoms with Crippen LogP contribution >= 0.6 is 0 Å². The zero-order valence-corrected chi connectivity index (χ0v) is 16.5. The molecular formula is C17H28N4O4S. The Bertz CT molecular complexity index is 738. The molecule has 2 aliphatic rings. The van der Waals surface area contributed by atoms with Crippen LogP contribution in [0.4, 0.5) is 0 Å². The Morgan fingerprint density at radius 2 is 1.96 bits per heavy atom. The number of likely N-dealkylation sites (tertiary alicyclic amines) is 2. The predicted molar refractivity (Wildman–Crippen MR) is 96.2 cm³/mol. The Labute approximate surface area is 154 Å². The van der Waals surface area contributed by atoms with Gasteiger partial charge in [0.15, 0.2) is 5.82 Å². The van der Waals surface area contributed by atoms with E-state index in [-0.39, 0.29) is 29.5 Å². The van der Waals surface area contributed by atoms with Crippen molar-refractivity contribution >= 4 is 15.7 Å². The first kappa shape index (κ1) is 19.3. The normalized spacial score (nSPS) is 23.3. The van der Waals surface area contributed by atoms with Gasteiger partial charge in [-0.2, -0.15) is 4.98 Å². The van der Waals surface area contributed by atoms with Gasteiger partial charge in [-0.25, -0.2) is 8.42 Å². The fourth-order valence-corrected chi connectivity index (χ4v) is 4.93. The van der Waals surface area contributed by atoms with Gasteiger partial charge in [0.2, 0.25) is 11.8 Å². The van der Waals surface area contributed by atoms with Gasteiger partial charge in [0.25, 0.3) is 0 Å². The number of sulfone groups is 1. The molecule has 0 spiro atoms. The average Bonchev–Trinajstić information content (AvgIpc) is 3.13. The third-order valence-electron chi connectivity index (χ3n) is 5.13. The maximum Gasteiger partial charge on any atom is 0.240 e. The third-order valence-corrected chi connectivity index (χ3v) is 6.21. The summed E-state index contributed by atoms with van der Waals surface area (Å²) in [6.45, 7) is 7.00. The summed E-state index contributed by atoms with van der Waals surface area (Å²) in [6.07, 6.45) is 3.37. The molecule has 1 amide bonds. The van der Waals surface area contributed by atoms with Crippen molar-refractivity contribution < 1.29 is 17.7 Å². The van der Waals surface area contributed by atoms with Crippen LogP contribution in [-0.2, 0) is 21.2 Å². The molecule has 2 saturated heterocycles. The van der Waals surface area contributed by atoms with Crippen molar-refractivity contribution in [1.29, 1.82) is 0 Å². The van der Waals surface area contributed by atoms with Crippen molar-refractivity contribution in [2.75, 3.05) is 31.6 Å². The van der Waals surface area contributed by atoms with E-state index in [1.165, 1.54) is 6.26 Å². The van der Waals surface area contributed by atoms with Gasteiger partial charge in [-0.3, -0.25) is 9.69 Å². The lowest BCUT2D eigenvalue weighted by atomic mass is 10.0. The summed E-state index contributed by atoms with van der Waals surface area (Å²) in [5.74, 6) is 1.74. The number of hydrogen-bond acceptors (Lipinski definition) is 7. The second kappa shape index (κ2) is 7.64. The highest BCUT2D eigenvalue weighted by atomic mass is 32.2. The molecule has 1 aromatic heterocycles. The Morgan fingerprint density at radius 1 is 1.27 bits per heavy atom. The molecule has 3 heterocycles. The molecule has 8 nitrogen and oxygen atoms in total. The molecule has 1 unspecified atom stereocenters. The van der Waals surface area contributed by atoms with E-state index in [1.54, 1.807) is 0 Å². The number of piperidine rings is 1. The van der Waals surface area contributed by atoms with Crippen LogP contribution in [-0.4, -0.2) is 72.0 Å². The minimum absolute atomic E-state index is 0.0663. The molecule has 2 fully saturated rings. The third kappa shape index (κ3) is 4.82. The highest BCUT2D eigenvalue weighted by molar-refractivity contribution is 7.90. The van der Waals surface area contributed by atoms with E-state index in [1.807, 2.05) is 18.7 Å². The molecule has 1 atom stereocenters. The summed E-state index contributed by atoms with van der Waals surface area (Å²) in [4.78, 5) is 20.9. The summed E-state index contributed by atoms with van der Waals surface area (Å²) in [6, 6.07) is 0.206. The second-order valence-corrected chi connectivity index (χ2v) is 10.1. The predicted octanol–water partition coefficient (Wildman–Crippen LogP) is 1.05. The Morgan fingerprint density at radius 3 is 2.54 bits per heavy atom. The molecule has 0 aromatic carbocycles. The number of nitrogens with zero attached hydrogens (tertiary/aromatic N) is 4. The van der Waals surface area contributed by atoms with Crippen LogP contribution in [0.1, 0.15) is 50.7 Å². The lowest BCUT2D eigenvalue weighted by Gasteiger charge is -2.36. The van der Waals surface area contributed by atoms with Crippen molar-refractivity contribution in [2.45, 2.75) is 51.6 Å². The van der Waals surface area contributed by atoms with E-state index in [0.29, 0.717) is 25.4 Å². The number of amides is 1. The molecule has 1 aromatic rings. The number of rotatable bonds is 6. The summed E-state index contributed by atoms with van der Waals surface area (Å²) in [7, 11) is -3.04. The van der Waals surface area contributed by atoms with Crippen molar-refractivity contribution in [3.05, 3.63) is 11.7 Å². The van der Waals surface area contributed by atoms with Crippen LogP contribution in [0.3, 0.4) is 0 Å². The first-order chi connectivity index (χ1) is 12.2. The van der Waals surface area contributed by atoms with Crippen molar-refractivity contribution in [1.82, 2.24) is 19.9 Å². The summed E-state index contributed by atoms with van der Waals surface area (Å²) < 4.78 is 28.3. The van der Waals surface area contributed by atoms with Gasteiger partial charge in [0, 0.05) is 44.3 Å². The van der Waals surface area contributed by atoms with Gasteiger partial charge >= 0.3 is 0 Å². The average molecular weight is 385 g/mol. The van der Waals surface area contributed by atoms with Gasteiger partial charge in [-0.05, 0) is 18.8 Å². The molecule has 9 heteroatoms. The highest BCUT2D eigenvalue weighted by Crippen LogP contribution is 2.27. The Kier molecular flexibility index (Phi) is 5.67. The SMILES string of the molecule is CC(C)c1noc(CN2CCC(N3CC(CS(C)(=O)=O)CC3=O)CC2)n1. The minimum atomic E-state index is -3.04. The number of hydrogen-bond donors (Lipinski definition) is 0. The monoisotopic (exact) mass is 384 g/mol. The lowest BCUT2D eigenvalue weighted by Crippen LogP contribution is -2.45. The fourth-order valence-electron chi connectivity index (χ4n) is 3.85. The van der Waals surface area contributed by atoms with Crippen LogP contribution in [0.2, 0.25) is 0 Å². The van der Waals surface area contributed by atoms with E-state index in [0.717, 1.165) is 31.8 Å². The van der Waals surface area contributed by atoms with E-state index >= 15 is 0 Å². The van der Waals surface area contributed by atoms with Crippen LogP contribution in [0.5, 0.6) is 0 Å². The maximum atomic E-state index is 12.3. The highest BCUT2D eigenvalue weighted by Gasteiger charge is 2.37. The van der Waals surface area contributed by atoms with Gasteiger partial charge in [0.1, 0.15) is 9.84 Å². The van der Waals surface area contributed by atoms with Crippen LogP contribution in [0.15, 0.2) is 4.52 Å². The van der Waals surface area contributed by atoms with E-state index in [4.69, 9.17) is 4.52 Å². The van der Waals surface area contributed by atoms with Gasteiger partial charge in [-0.15, -0.1) is 0 Å². The van der Waals surface area contributed by atoms with E-state index in [2.05, 4.69) is 15.0 Å². The lowest BCUT2D eigenvalue weighted by molar-refractivity contribution is -0.130. The minimum Gasteiger partial charge on any atom is -0.339 e. The quantitative estimate of drug-likeness (QED) is 0.723. The molecule has 0 radical (unpaired) electrons. The molecule has 0 N–H and O–H groups in total. The van der Waals surface area contributed by atoms with Gasteiger partial charge in [0.05, 0.1) is 12.3 Å². The van der Waals surface area contributed by atoms with Crippen LogP contribution < -0.4 is 0 Å². The molecule has 0 saturated carbocycles. The Hall–Kier alpha value is -1.48. The van der Waals surface area contributed by atoms with Crippen molar-refractivity contribution in [3.63, 3.8) is 0 Å². The second-order valence-electron chi connectivity index (χ2n) is 7.92. The first-order valence-corrected chi connectivity index (χ1v) is 11.3. The molecular weight excluding hydrogens is 356 g/mol. The van der Waals surface area contributed by atoms with Crippen molar-refractivity contribution in [2.24, 2.45) is 5.92 Å². The molecule has 26 heavy (non-hydrogen) atoms. The zero-order chi connectivity index (χ0) is 18.9. The standard InChI is InChI=1S/C17H28N4O4S/c1-12(2)17-18-15(25-19-17)10-20-6-4-14(5-7-20)21-9-13(8-16(21)22)11-26(3,23)24/h12-14H,4-11H2,1-3H3. The van der Waals surface area contributed by atoms with E-state index < -0.39 is 9.84 Å². The maximum absolute atomic E-state index is 12.3. The smallest absolute Gasteiger partial charge is 0.240 e. The summed E-state index contributed by atoms with van der Waals surface area (Å²) in [5, 5.41) is 3.99. The summed E-state index contributed by atoms with van der Waals surface area (Å²) in [5.41, 5.74) is 0. The molecule has 0 aliphatic carbocycles. The topological polar surface area (TPSA) is 96.6 Å². The Balaban J connectivity index is 1.49. The van der Waals surface area contributed by atoms with Gasteiger partial charge in [-0.1, -0.05) is 19.0 Å². The fraction of sp³-hybridized carbons (Fsp3) is 0.824. The number of aromatic nitrogens is 2. The number of carbonyl (C=O) groups excluding carboxylic acids is 1. The zero-order valence-electron chi connectivity index (χ0n) is 15.7. The molecule has 0 bridgehead atoms. The number of carbonyl (C=O) groups is 1. The van der Waals surface area contributed by atoms with Crippen LogP contribution in [0.25, 0.3) is 0 Å². The van der Waals surface area contributed by atoms with Crippen molar-refractivity contribution in [3.8, 4) is 0 Å². The van der Waals surface area contributed by atoms with Crippen LogP contribution in [0, 0.1) is 5.92 Å². The first-order valence-electron chi connectivity index (χ1n) is 9.23. The molecule has 146 valence electrons. The largest absolute Gasteiger partial charge is 0.339 e. The summed E-state index contributed by atoms with van der Waals surface area (Å²) >= 11 is 0. The molecule has 3 rings (SSSR count). The molecule has 2 aliphatic heterocycles. The van der Waals surface area contributed by atoms with Gasteiger partial charge < -0.3 is 9.42 Å².